The number of hydrogen-bond acceptors (Lipinski definition) is 4. The van der Waals surface area contributed by atoms with Crippen LogP contribution in [0.4, 0.5) is 0 Å². The lowest BCUT2D eigenvalue weighted by Crippen LogP contribution is -2.52. The second-order valence-corrected chi connectivity index (χ2v) is 6.81. The number of aliphatic hydroxyl groups is 1. The fraction of sp³-hybridized carbons (Fsp3) is 0.882. The number of carbonyl (C=O) groups is 2. The van der Waals surface area contributed by atoms with Crippen LogP contribution < -0.4 is 0 Å². The summed E-state index contributed by atoms with van der Waals surface area (Å²) in [6.45, 7) is 8.16. The summed E-state index contributed by atoms with van der Waals surface area (Å²) >= 11 is 0. The van der Waals surface area contributed by atoms with Gasteiger partial charge in [-0.15, -0.1) is 0 Å². The van der Waals surface area contributed by atoms with Crippen molar-refractivity contribution in [2.24, 2.45) is 0 Å². The highest BCUT2D eigenvalue weighted by atomic mass is 16.3. The zero-order valence-corrected chi connectivity index (χ0v) is 14.5. The zero-order chi connectivity index (χ0) is 16.8. The van der Waals surface area contributed by atoms with E-state index in [1.807, 2.05) is 16.7 Å². The molecule has 2 aliphatic heterocycles. The molecule has 23 heavy (non-hydrogen) atoms. The topological polar surface area (TPSA) is 64.1 Å². The Morgan fingerprint density at radius 1 is 1.13 bits per heavy atom. The lowest BCUT2D eigenvalue weighted by atomic mass is 9.98. The van der Waals surface area contributed by atoms with E-state index in [-0.39, 0.29) is 24.0 Å². The summed E-state index contributed by atoms with van der Waals surface area (Å²) < 4.78 is 0. The van der Waals surface area contributed by atoms with Gasteiger partial charge >= 0.3 is 0 Å². The fourth-order valence-electron chi connectivity index (χ4n) is 3.56. The molecule has 0 bridgehead atoms. The number of piperazine rings is 1. The van der Waals surface area contributed by atoms with Crippen molar-refractivity contribution in [3.8, 4) is 0 Å². The van der Waals surface area contributed by atoms with E-state index in [4.69, 9.17) is 0 Å². The highest BCUT2D eigenvalue weighted by molar-refractivity contribution is 5.79. The maximum Gasteiger partial charge on any atom is 0.224 e. The Balaban J connectivity index is 1.79. The molecule has 0 unspecified atom stereocenters. The molecule has 6 nitrogen and oxygen atoms in total. The number of carbonyl (C=O) groups excluding carboxylic acids is 2. The maximum atomic E-state index is 12.5. The van der Waals surface area contributed by atoms with Crippen molar-refractivity contribution in [1.82, 2.24) is 14.7 Å². The van der Waals surface area contributed by atoms with Crippen LogP contribution in [0.15, 0.2) is 0 Å². The third-order valence-corrected chi connectivity index (χ3v) is 5.11. The zero-order valence-electron chi connectivity index (χ0n) is 14.5. The number of aliphatic hydroxyl groups excluding tert-OH is 1. The van der Waals surface area contributed by atoms with Crippen molar-refractivity contribution >= 4 is 11.8 Å². The van der Waals surface area contributed by atoms with E-state index in [0.717, 1.165) is 58.4 Å². The van der Waals surface area contributed by atoms with Gasteiger partial charge in [0.25, 0.3) is 0 Å². The van der Waals surface area contributed by atoms with Gasteiger partial charge in [-0.25, -0.2) is 0 Å². The van der Waals surface area contributed by atoms with Crippen LogP contribution >= 0.6 is 0 Å². The van der Waals surface area contributed by atoms with Gasteiger partial charge in [0.1, 0.15) is 0 Å². The van der Waals surface area contributed by atoms with Crippen molar-refractivity contribution in [2.45, 2.75) is 58.1 Å². The first kappa shape index (κ1) is 18.2. The summed E-state index contributed by atoms with van der Waals surface area (Å²) in [7, 11) is 0. The predicted octanol–water partition coefficient (Wildman–Crippen LogP) is 0.693. The number of likely N-dealkylation sites (tertiary alicyclic amines) is 1. The third-order valence-electron chi connectivity index (χ3n) is 5.11. The molecule has 2 rings (SSSR count). The number of rotatable bonds is 5. The molecule has 132 valence electrons. The van der Waals surface area contributed by atoms with Crippen LogP contribution in [-0.2, 0) is 9.59 Å². The molecule has 0 aromatic rings. The van der Waals surface area contributed by atoms with Gasteiger partial charge in [-0.3, -0.25) is 14.5 Å². The molecule has 2 aliphatic rings. The van der Waals surface area contributed by atoms with Crippen molar-refractivity contribution in [3.05, 3.63) is 0 Å². The SMILES string of the molecule is CC[C@H](O)CN1CCN(C(=O)C[C@H]2CCCCN2C(C)=O)CC1. The largest absolute Gasteiger partial charge is 0.392 e. The van der Waals surface area contributed by atoms with Gasteiger partial charge in [0.15, 0.2) is 0 Å². The van der Waals surface area contributed by atoms with E-state index >= 15 is 0 Å². The maximum absolute atomic E-state index is 12.5. The summed E-state index contributed by atoms with van der Waals surface area (Å²) in [6.07, 6.45) is 4.03. The molecule has 0 aliphatic carbocycles. The van der Waals surface area contributed by atoms with E-state index in [2.05, 4.69) is 4.90 Å². The van der Waals surface area contributed by atoms with E-state index in [1.165, 1.54) is 0 Å². The monoisotopic (exact) mass is 325 g/mol. The van der Waals surface area contributed by atoms with E-state index in [1.54, 1.807) is 6.92 Å². The average molecular weight is 325 g/mol. The van der Waals surface area contributed by atoms with Crippen LogP contribution in [0.1, 0.15) is 46.0 Å². The number of hydrogen-bond donors (Lipinski definition) is 1. The Labute approximate surface area is 139 Å². The van der Waals surface area contributed by atoms with Gasteiger partial charge in [0, 0.05) is 58.7 Å². The van der Waals surface area contributed by atoms with E-state index in [0.29, 0.717) is 13.0 Å². The number of amides is 2. The van der Waals surface area contributed by atoms with Crippen molar-refractivity contribution in [1.29, 1.82) is 0 Å². The Bertz CT molecular complexity index is 408. The molecule has 2 heterocycles. The second kappa shape index (κ2) is 8.64. The predicted molar refractivity (Wildman–Crippen MR) is 89.0 cm³/mol. The molecular formula is C17H31N3O3. The minimum absolute atomic E-state index is 0.0775. The highest BCUT2D eigenvalue weighted by Gasteiger charge is 2.29. The second-order valence-electron chi connectivity index (χ2n) is 6.81. The molecule has 0 radical (unpaired) electrons. The lowest BCUT2D eigenvalue weighted by molar-refractivity contribution is -0.138. The summed E-state index contributed by atoms with van der Waals surface area (Å²) in [6, 6.07) is 0.0775. The van der Waals surface area contributed by atoms with Crippen LogP contribution in [-0.4, -0.2) is 83.0 Å². The normalized spacial score (nSPS) is 24.6. The molecule has 1 N–H and O–H groups in total. The highest BCUT2D eigenvalue weighted by Crippen LogP contribution is 2.21. The van der Waals surface area contributed by atoms with Gasteiger partial charge in [-0.1, -0.05) is 6.92 Å². The standard InChI is InChI=1S/C17H31N3O3/c1-3-16(22)13-18-8-10-19(11-9-18)17(23)12-15-6-4-5-7-20(15)14(2)21/h15-16,22H,3-13H2,1-2H3/t15-,16+/m1/s1. The molecule has 0 aromatic carbocycles. The first-order valence-corrected chi connectivity index (χ1v) is 8.96. The molecule has 2 atom stereocenters. The summed E-state index contributed by atoms with van der Waals surface area (Å²) in [5.74, 6) is 0.250. The molecule has 0 aromatic heterocycles. The molecular weight excluding hydrogens is 294 g/mol. The van der Waals surface area contributed by atoms with Gasteiger partial charge < -0.3 is 14.9 Å². The minimum atomic E-state index is -0.274. The molecule has 2 amide bonds. The van der Waals surface area contributed by atoms with Gasteiger partial charge in [-0.05, 0) is 25.7 Å². The molecule has 6 heteroatoms. The van der Waals surface area contributed by atoms with E-state index in [9.17, 15) is 14.7 Å². The number of β-amino-alcohol motifs (C(OH)–C–C–N with tert-alkyl or cyclic N) is 1. The summed E-state index contributed by atoms with van der Waals surface area (Å²) in [5.41, 5.74) is 0. The van der Waals surface area contributed by atoms with Crippen LogP contribution in [0.25, 0.3) is 0 Å². The van der Waals surface area contributed by atoms with Crippen molar-refractivity contribution < 1.29 is 14.7 Å². The van der Waals surface area contributed by atoms with Crippen molar-refractivity contribution in [2.75, 3.05) is 39.3 Å². The molecule has 0 spiro atoms. The van der Waals surface area contributed by atoms with Gasteiger partial charge in [0.05, 0.1) is 6.10 Å². The molecule has 2 fully saturated rings. The van der Waals surface area contributed by atoms with Crippen LogP contribution in [0.2, 0.25) is 0 Å². The third kappa shape index (κ3) is 5.18. The van der Waals surface area contributed by atoms with Crippen LogP contribution in [0, 0.1) is 0 Å². The Morgan fingerprint density at radius 3 is 2.43 bits per heavy atom. The average Bonchev–Trinajstić information content (AvgIpc) is 2.55. The quantitative estimate of drug-likeness (QED) is 0.808. The Hall–Kier alpha value is -1.14. The number of nitrogens with zero attached hydrogens (tertiary/aromatic N) is 3. The minimum Gasteiger partial charge on any atom is -0.392 e. The van der Waals surface area contributed by atoms with Crippen LogP contribution in [0.3, 0.4) is 0 Å². The first-order valence-electron chi connectivity index (χ1n) is 8.96. The molecule has 0 saturated carbocycles. The molecule has 2 saturated heterocycles. The van der Waals surface area contributed by atoms with E-state index < -0.39 is 0 Å². The Kier molecular flexibility index (Phi) is 6.84. The first-order chi connectivity index (χ1) is 11.0. The number of piperidine rings is 1. The smallest absolute Gasteiger partial charge is 0.224 e. The van der Waals surface area contributed by atoms with Crippen LogP contribution in [0.5, 0.6) is 0 Å². The Morgan fingerprint density at radius 2 is 1.83 bits per heavy atom. The summed E-state index contributed by atoms with van der Waals surface area (Å²) in [5, 5.41) is 9.72. The van der Waals surface area contributed by atoms with Gasteiger partial charge in [-0.2, -0.15) is 0 Å². The fourth-order valence-corrected chi connectivity index (χ4v) is 3.56. The lowest BCUT2D eigenvalue weighted by Gasteiger charge is -2.38. The summed E-state index contributed by atoms with van der Waals surface area (Å²) in [4.78, 5) is 30.3. The van der Waals surface area contributed by atoms with Crippen molar-refractivity contribution in [3.63, 3.8) is 0 Å². The van der Waals surface area contributed by atoms with Gasteiger partial charge in [0.2, 0.25) is 11.8 Å².